The fourth-order valence-electron chi connectivity index (χ4n) is 2.03. The molecule has 0 radical (unpaired) electrons. The van der Waals surface area contributed by atoms with Crippen molar-refractivity contribution in [3.8, 4) is 11.5 Å². The van der Waals surface area contributed by atoms with Crippen LogP contribution in [0.25, 0.3) is 6.08 Å². The lowest BCUT2D eigenvalue weighted by Gasteiger charge is -2.06. The number of ether oxygens (including phenoxy) is 1. The van der Waals surface area contributed by atoms with Crippen LogP contribution in [0.2, 0.25) is 0 Å². The van der Waals surface area contributed by atoms with Gasteiger partial charge in [0.2, 0.25) is 5.91 Å². The Morgan fingerprint density at radius 1 is 1.22 bits per heavy atom. The number of phenols is 1. The van der Waals surface area contributed by atoms with Crippen molar-refractivity contribution in [2.45, 2.75) is 20.3 Å². The fourth-order valence-corrected chi connectivity index (χ4v) is 2.03. The molecular weight excluding hydrogens is 290 g/mol. The van der Waals surface area contributed by atoms with E-state index in [2.05, 4.69) is 12.2 Å². The van der Waals surface area contributed by atoms with Gasteiger partial charge in [-0.05, 0) is 60.9 Å². The van der Waals surface area contributed by atoms with Crippen LogP contribution in [-0.2, 0) is 4.79 Å². The van der Waals surface area contributed by atoms with E-state index in [1.807, 2.05) is 31.2 Å². The molecule has 0 saturated carbocycles. The van der Waals surface area contributed by atoms with Crippen LogP contribution in [0.4, 0.5) is 5.69 Å². The lowest BCUT2D eigenvalue weighted by atomic mass is 10.2. The first-order valence-corrected chi connectivity index (χ1v) is 7.60. The number of benzene rings is 2. The summed E-state index contributed by atoms with van der Waals surface area (Å²) in [6.07, 6.45) is 4.20. The molecule has 2 aromatic carbocycles. The van der Waals surface area contributed by atoms with Crippen molar-refractivity contribution in [3.63, 3.8) is 0 Å². The van der Waals surface area contributed by atoms with Crippen molar-refractivity contribution >= 4 is 17.7 Å². The summed E-state index contributed by atoms with van der Waals surface area (Å²) in [6.45, 7) is 4.59. The number of hydrogen-bond acceptors (Lipinski definition) is 3. The maximum atomic E-state index is 11.9. The van der Waals surface area contributed by atoms with Crippen LogP contribution in [0, 0.1) is 6.92 Å². The van der Waals surface area contributed by atoms with E-state index in [0.717, 1.165) is 23.3 Å². The van der Waals surface area contributed by atoms with Crippen LogP contribution < -0.4 is 10.1 Å². The molecule has 2 N–H and O–H groups in total. The Morgan fingerprint density at radius 3 is 2.61 bits per heavy atom. The Kier molecular flexibility index (Phi) is 5.80. The zero-order valence-electron chi connectivity index (χ0n) is 13.4. The first-order chi connectivity index (χ1) is 11.1. The topological polar surface area (TPSA) is 58.6 Å². The van der Waals surface area contributed by atoms with Gasteiger partial charge in [-0.15, -0.1) is 0 Å². The summed E-state index contributed by atoms with van der Waals surface area (Å²) in [4.78, 5) is 11.9. The van der Waals surface area contributed by atoms with Crippen molar-refractivity contribution in [1.29, 1.82) is 0 Å². The predicted molar refractivity (Wildman–Crippen MR) is 92.7 cm³/mol. The Hall–Kier alpha value is -2.75. The molecule has 23 heavy (non-hydrogen) atoms. The monoisotopic (exact) mass is 311 g/mol. The van der Waals surface area contributed by atoms with E-state index in [-0.39, 0.29) is 11.7 Å². The Morgan fingerprint density at radius 2 is 1.96 bits per heavy atom. The molecule has 0 aliphatic rings. The lowest BCUT2D eigenvalue weighted by Crippen LogP contribution is -2.08. The lowest BCUT2D eigenvalue weighted by molar-refractivity contribution is -0.111. The number of carbonyl (C=O) groups is 1. The summed E-state index contributed by atoms with van der Waals surface area (Å²) in [5, 5.41) is 12.1. The maximum absolute atomic E-state index is 11.9. The summed E-state index contributed by atoms with van der Waals surface area (Å²) < 4.78 is 5.51. The molecule has 0 spiro atoms. The van der Waals surface area contributed by atoms with Gasteiger partial charge in [0.1, 0.15) is 11.5 Å². The van der Waals surface area contributed by atoms with E-state index in [9.17, 15) is 9.90 Å². The third-order valence-electron chi connectivity index (χ3n) is 3.25. The molecule has 2 rings (SSSR count). The van der Waals surface area contributed by atoms with Gasteiger partial charge < -0.3 is 15.2 Å². The average Bonchev–Trinajstić information content (AvgIpc) is 2.54. The third-order valence-corrected chi connectivity index (χ3v) is 3.25. The van der Waals surface area contributed by atoms with E-state index < -0.39 is 0 Å². The van der Waals surface area contributed by atoms with Gasteiger partial charge in [-0.3, -0.25) is 4.79 Å². The second-order valence-electron chi connectivity index (χ2n) is 5.24. The van der Waals surface area contributed by atoms with Crippen LogP contribution in [-0.4, -0.2) is 17.6 Å². The van der Waals surface area contributed by atoms with Crippen LogP contribution in [0.1, 0.15) is 24.5 Å². The molecule has 1 amide bonds. The Labute approximate surface area is 136 Å². The quantitative estimate of drug-likeness (QED) is 0.622. The smallest absolute Gasteiger partial charge is 0.248 e. The van der Waals surface area contributed by atoms with Crippen molar-refractivity contribution < 1.29 is 14.6 Å². The van der Waals surface area contributed by atoms with Gasteiger partial charge >= 0.3 is 0 Å². The highest BCUT2D eigenvalue weighted by Crippen LogP contribution is 2.20. The molecule has 0 bridgehead atoms. The second-order valence-corrected chi connectivity index (χ2v) is 5.24. The van der Waals surface area contributed by atoms with E-state index in [1.54, 1.807) is 24.3 Å². The zero-order valence-corrected chi connectivity index (χ0v) is 13.4. The standard InChI is InChI=1S/C19H21NO3/c1-3-12-23-17-8-4-15(5-9-17)6-11-19(22)20-18-10-7-16(21)13-14(18)2/h4-11,13,21H,3,12H2,1-2H3,(H,20,22)/b11-6+. The minimum Gasteiger partial charge on any atom is -0.508 e. The number of amides is 1. The third kappa shape index (κ3) is 5.18. The Balaban J connectivity index is 1.95. The highest BCUT2D eigenvalue weighted by Gasteiger charge is 2.02. The minimum absolute atomic E-state index is 0.182. The molecule has 2 aromatic rings. The maximum Gasteiger partial charge on any atom is 0.248 e. The van der Waals surface area contributed by atoms with Gasteiger partial charge in [-0.1, -0.05) is 19.1 Å². The molecule has 0 saturated heterocycles. The number of aryl methyl sites for hydroxylation is 1. The van der Waals surface area contributed by atoms with Crippen molar-refractivity contribution in [1.82, 2.24) is 0 Å². The van der Waals surface area contributed by atoms with Crippen LogP contribution in [0.3, 0.4) is 0 Å². The highest BCUT2D eigenvalue weighted by molar-refractivity contribution is 6.02. The Bertz CT molecular complexity index is 690. The molecule has 0 atom stereocenters. The van der Waals surface area contributed by atoms with Gasteiger partial charge in [0.25, 0.3) is 0 Å². The largest absolute Gasteiger partial charge is 0.508 e. The SMILES string of the molecule is CCCOc1ccc(/C=C/C(=O)Nc2ccc(O)cc2C)cc1. The van der Waals surface area contributed by atoms with Gasteiger partial charge in [-0.25, -0.2) is 0 Å². The van der Waals surface area contributed by atoms with E-state index in [4.69, 9.17) is 4.74 Å². The zero-order chi connectivity index (χ0) is 16.7. The number of nitrogens with one attached hydrogen (secondary N) is 1. The van der Waals surface area contributed by atoms with Crippen molar-refractivity contribution in [2.75, 3.05) is 11.9 Å². The molecule has 0 fully saturated rings. The average molecular weight is 311 g/mol. The van der Waals surface area contributed by atoms with Gasteiger partial charge in [0.05, 0.1) is 6.61 Å². The van der Waals surface area contributed by atoms with Gasteiger partial charge in [0.15, 0.2) is 0 Å². The first-order valence-electron chi connectivity index (χ1n) is 7.60. The van der Waals surface area contributed by atoms with Gasteiger partial charge in [0, 0.05) is 11.8 Å². The first kappa shape index (κ1) is 16.6. The van der Waals surface area contributed by atoms with Crippen LogP contribution in [0.5, 0.6) is 11.5 Å². The normalized spacial score (nSPS) is 10.7. The molecule has 120 valence electrons. The molecule has 4 heteroatoms. The summed E-state index contributed by atoms with van der Waals surface area (Å²) in [5.74, 6) is 0.791. The summed E-state index contributed by atoms with van der Waals surface area (Å²) in [5.41, 5.74) is 2.41. The molecular formula is C19H21NO3. The number of anilines is 1. The minimum atomic E-state index is -0.218. The number of rotatable bonds is 6. The predicted octanol–water partition coefficient (Wildman–Crippen LogP) is 4.14. The van der Waals surface area contributed by atoms with Crippen molar-refractivity contribution in [2.24, 2.45) is 0 Å². The van der Waals surface area contributed by atoms with E-state index in [0.29, 0.717) is 12.3 Å². The molecule has 0 aliphatic heterocycles. The fraction of sp³-hybridized carbons (Fsp3) is 0.211. The number of hydrogen-bond donors (Lipinski definition) is 2. The molecule has 0 unspecified atom stereocenters. The molecule has 0 aromatic heterocycles. The van der Waals surface area contributed by atoms with E-state index in [1.165, 1.54) is 6.08 Å². The molecule has 4 nitrogen and oxygen atoms in total. The van der Waals surface area contributed by atoms with Crippen LogP contribution in [0.15, 0.2) is 48.5 Å². The number of carbonyl (C=O) groups excluding carboxylic acids is 1. The molecule has 0 heterocycles. The van der Waals surface area contributed by atoms with Gasteiger partial charge in [-0.2, -0.15) is 0 Å². The number of aromatic hydroxyl groups is 1. The van der Waals surface area contributed by atoms with Crippen molar-refractivity contribution in [3.05, 3.63) is 59.7 Å². The number of phenolic OH excluding ortho intramolecular Hbond substituents is 1. The van der Waals surface area contributed by atoms with E-state index >= 15 is 0 Å². The highest BCUT2D eigenvalue weighted by atomic mass is 16.5. The summed E-state index contributed by atoms with van der Waals surface area (Å²) in [6, 6.07) is 12.4. The molecule has 0 aliphatic carbocycles. The van der Waals surface area contributed by atoms with Crippen LogP contribution >= 0.6 is 0 Å². The summed E-state index contributed by atoms with van der Waals surface area (Å²) in [7, 11) is 0. The summed E-state index contributed by atoms with van der Waals surface area (Å²) >= 11 is 0. The second kappa shape index (κ2) is 8.03.